The lowest BCUT2D eigenvalue weighted by molar-refractivity contribution is -0.111. The van der Waals surface area contributed by atoms with Gasteiger partial charge in [-0.05, 0) is 48.2 Å². The standard InChI is InChI=1S/C19H14F2N2OS2/c1-25-14-6-2-12(3-7-14)4-9-18(24)23-19-22-17(11-26-19)15-10-13(20)5-8-16(15)21/h2-11H,1H3,(H,22,23,24)/b9-4+. The van der Waals surface area contributed by atoms with Gasteiger partial charge in [-0.1, -0.05) is 12.1 Å². The van der Waals surface area contributed by atoms with Crippen molar-refractivity contribution >= 4 is 40.2 Å². The van der Waals surface area contributed by atoms with Crippen LogP contribution < -0.4 is 5.32 Å². The Morgan fingerprint density at radius 1 is 1.19 bits per heavy atom. The zero-order valence-corrected chi connectivity index (χ0v) is 15.3. The zero-order valence-electron chi connectivity index (χ0n) is 13.7. The quantitative estimate of drug-likeness (QED) is 0.466. The first-order valence-corrected chi connectivity index (χ1v) is 9.69. The monoisotopic (exact) mass is 388 g/mol. The van der Waals surface area contributed by atoms with E-state index >= 15 is 0 Å². The number of thiazole rings is 1. The Labute approximate surface area is 157 Å². The van der Waals surface area contributed by atoms with Crippen LogP contribution in [0.2, 0.25) is 0 Å². The molecule has 1 amide bonds. The van der Waals surface area contributed by atoms with Crippen molar-refractivity contribution in [3.63, 3.8) is 0 Å². The first-order chi connectivity index (χ1) is 12.5. The van der Waals surface area contributed by atoms with Crippen LogP contribution in [0, 0.1) is 11.6 Å². The molecule has 7 heteroatoms. The van der Waals surface area contributed by atoms with Crippen LogP contribution in [0.3, 0.4) is 0 Å². The maximum atomic E-state index is 13.8. The maximum Gasteiger partial charge on any atom is 0.250 e. The first kappa shape index (κ1) is 18.3. The highest BCUT2D eigenvalue weighted by Crippen LogP contribution is 2.27. The zero-order chi connectivity index (χ0) is 18.5. The molecular formula is C19H14F2N2OS2. The molecule has 0 bridgehead atoms. The lowest BCUT2D eigenvalue weighted by Gasteiger charge is -2.00. The predicted octanol–water partition coefficient (Wildman–Crippen LogP) is 5.46. The fourth-order valence-electron chi connectivity index (χ4n) is 2.18. The summed E-state index contributed by atoms with van der Waals surface area (Å²) in [5.41, 5.74) is 1.24. The second-order valence-corrected chi connectivity index (χ2v) is 7.00. The van der Waals surface area contributed by atoms with Gasteiger partial charge in [0, 0.05) is 21.9 Å². The minimum atomic E-state index is -0.567. The van der Waals surface area contributed by atoms with Gasteiger partial charge in [0.05, 0.1) is 5.69 Å². The lowest BCUT2D eigenvalue weighted by Crippen LogP contribution is -2.07. The summed E-state index contributed by atoms with van der Waals surface area (Å²) in [4.78, 5) is 17.3. The number of nitrogens with one attached hydrogen (secondary N) is 1. The lowest BCUT2D eigenvalue weighted by atomic mass is 10.1. The van der Waals surface area contributed by atoms with Gasteiger partial charge in [-0.3, -0.25) is 10.1 Å². The molecule has 0 fully saturated rings. The molecule has 0 aliphatic heterocycles. The van der Waals surface area contributed by atoms with Gasteiger partial charge in [-0.2, -0.15) is 0 Å². The van der Waals surface area contributed by atoms with Crippen molar-refractivity contribution in [1.29, 1.82) is 0 Å². The van der Waals surface area contributed by atoms with E-state index < -0.39 is 11.6 Å². The Bertz CT molecular complexity index is 952. The molecule has 1 aromatic heterocycles. The van der Waals surface area contributed by atoms with Crippen LogP contribution in [0.4, 0.5) is 13.9 Å². The third-order valence-corrected chi connectivity index (χ3v) is 4.98. The van der Waals surface area contributed by atoms with Gasteiger partial charge < -0.3 is 0 Å². The van der Waals surface area contributed by atoms with Crippen LogP contribution in [0.1, 0.15) is 5.56 Å². The third kappa shape index (κ3) is 4.56. The minimum absolute atomic E-state index is 0.0613. The molecule has 3 nitrogen and oxygen atoms in total. The van der Waals surface area contributed by atoms with Crippen molar-refractivity contribution in [2.75, 3.05) is 11.6 Å². The van der Waals surface area contributed by atoms with E-state index in [1.807, 2.05) is 30.5 Å². The Morgan fingerprint density at radius 3 is 2.69 bits per heavy atom. The van der Waals surface area contributed by atoms with Crippen LogP contribution in [-0.4, -0.2) is 17.1 Å². The highest BCUT2D eigenvalue weighted by Gasteiger charge is 2.11. The van der Waals surface area contributed by atoms with E-state index in [4.69, 9.17) is 0 Å². The van der Waals surface area contributed by atoms with Gasteiger partial charge in [-0.25, -0.2) is 13.8 Å². The van der Waals surface area contributed by atoms with Crippen LogP contribution >= 0.6 is 23.1 Å². The molecule has 0 aliphatic rings. The van der Waals surface area contributed by atoms with Crippen molar-refractivity contribution in [1.82, 2.24) is 4.98 Å². The number of amides is 1. The summed E-state index contributed by atoms with van der Waals surface area (Å²) in [5, 5.41) is 4.50. The average molecular weight is 388 g/mol. The summed E-state index contributed by atoms with van der Waals surface area (Å²) in [6.07, 6.45) is 5.09. The Morgan fingerprint density at radius 2 is 1.96 bits per heavy atom. The average Bonchev–Trinajstić information content (AvgIpc) is 3.10. The molecule has 0 radical (unpaired) electrons. The van der Waals surface area contributed by atoms with Gasteiger partial charge in [0.25, 0.3) is 0 Å². The van der Waals surface area contributed by atoms with Gasteiger partial charge in [0.1, 0.15) is 11.6 Å². The van der Waals surface area contributed by atoms with Crippen molar-refractivity contribution in [2.24, 2.45) is 0 Å². The normalized spacial score (nSPS) is 11.0. The fourth-order valence-corrected chi connectivity index (χ4v) is 3.30. The number of anilines is 1. The van der Waals surface area contributed by atoms with E-state index in [-0.39, 0.29) is 17.2 Å². The summed E-state index contributed by atoms with van der Waals surface area (Å²) in [7, 11) is 0. The molecule has 26 heavy (non-hydrogen) atoms. The van der Waals surface area contributed by atoms with E-state index in [0.29, 0.717) is 5.13 Å². The van der Waals surface area contributed by atoms with E-state index in [1.165, 1.54) is 6.08 Å². The number of rotatable bonds is 5. The van der Waals surface area contributed by atoms with Crippen LogP contribution in [-0.2, 0) is 4.79 Å². The summed E-state index contributed by atoms with van der Waals surface area (Å²) in [6.45, 7) is 0. The van der Waals surface area contributed by atoms with Gasteiger partial charge in [0.15, 0.2) is 5.13 Å². The topological polar surface area (TPSA) is 42.0 Å². The fraction of sp³-hybridized carbons (Fsp3) is 0.0526. The van der Waals surface area contributed by atoms with Crippen LogP contribution in [0.15, 0.2) is 58.8 Å². The smallest absolute Gasteiger partial charge is 0.250 e. The van der Waals surface area contributed by atoms with Crippen molar-refractivity contribution in [2.45, 2.75) is 4.90 Å². The van der Waals surface area contributed by atoms with Gasteiger partial charge in [0.2, 0.25) is 5.91 Å². The summed E-state index contributed by atoms with van der Waals surface area (Å²) in [5.74, 6) is -1.46. The van der Waals surface area contributed by atoms with Crippen LogP contribution in [0.25, 0.3) is 17.3 Å². The Kier molecular flexibility index (Phi) is 5.80. The molecule has 1 N–H and O–H groups in total. The van der Waals surface area contributed by atoms with E-state index in [1.54, 1.807) is 23.2 Å². The second-order valence-electron chi connectivity index (χ2n) is 5.26. The number of nitrogens with zero attached hydrogens (tertiary/aromatic N) is 1. The number of aromatic nitrogens is 1. The minimum Gasteiger partial charge on any atom is -0.298 e. The molecule has 0 unspecified atom stereocenters. The number of hydrogen-bond donors (Lipinski definition) is 1. The summed E-state index contributed by atoms with van der Waals surface area (Å²) < 4.78 is 27.1. The number of carbonyl (C=O) groups excluding carboxylic acids is 1. The molecule has 1 heterocycles. The number of carbonyl (C=O) groups is 1. The van der Waals surface area contributed by atoms with E-state index in [0.717, 1.165) is 40.0 Å². The number of hydrogen-bond acceptors (Lipinski definition) is 4. The van der Waals surface area contributed by atoms with Gasteiger partial charge >= 0.3 is 0 Å². The molecule has 0 saturated carbocycles. The predicted molar refractivity (Wildman–Crippen MR) is 103 cm³/mol. The Balaban J connectivity index is 1.67. The SMILES string of the molecule is CSc1ccc(/C=C/C(=O)Nc2nc(-c3cc(F)ccc3F)cs2)cc1. The number of thioether (sulfide) groups is 1. The van der Waals surface area contributed by atoms with Crippen molar-refractivity contribution in [3.05, 3.63) is 71.1 Å². The Hall–Kier alpha value is -2.51. The molecule has 3 rings (SSSR count). The molecule has 0 atom stereocenters. The first-order valence-electron chi connectivity index (χ1n) is 7.59. The van der Waals surface area contributed by atoms with Gasteiger partial charge in [-0.15, -0.1) is 23.1 Å². The van der Waals surface area contributed by atoms with Crippen molar-refractivity contribution < 1.29 is 13.6 Å². The van der Waals surface area contributed by atoms with E-state index in [9.17, 15) is 13.6 Å². The summed E-state index contributed by atoms with van der Waals surface area (Å²) in [6, 6.07) is 11.0. The molecule has 0 aliphatic carbocycles. The maximum absolute atomic E-state index is 13.8. The highest BCUT2D eigenvalue weighted by molar-refractivity contribution is 7.98. The number of benzene rings is 2. The second kappa shape index (κ2) is 8.25. The molecule has 3 aromatic rings. The molecule has 0 spiro atoms. The molecule has 2 aromatic carbocycles. The van der Waals surface area contributed by atoms with Crippen LogP contribution in [0.5, 0.6) is 0 Å². The summed E-state index contributed by atoms with van der Waals surface area (Å²) >= 11 is 2.79. The highest BCUT2D eigenvalue weighted by atomic mass is 32.2. The molecule has 0 saturated heterocycles. The largest absolute Gasteiger partial charge is 0.298 e. The third-order valence-electron chi connectivity index (χ3n) is 3.48. The molecule has 132 valence electrons. The van der Waals surface area contributed by atoms with E-state index in [2.05, 4.69) is 10.3 Å². The number of halogens is 2. The molecular weight excluding hydrogens is 374 g/mol. The van der Waals surface area contributed by atoms with Crippen molar-refractivity contribution in [3.8, 4) is 11.3 Å².